The zero-order chi connectivity index (χ0) is 12.0. The molecule has 16 heavy (non-hydrogen) atoms. The molecule has 0 amide bonds. The van der Waals surface area contributed by atoms with E-state index in [0.717, 1.165) is 12.0 Å². The maximum Gasteiger partial charge on any atom is 0.179 e. The minimum atomic E-state index is -0.144. The second-order valence-corrected chi connectivity index (χ2v) is 3.86. The first-order chi connectivity index (χ1) is 7.70. The van der Waals surface area contributed by atoms with Gasteiger partial charge in [-0.15, -0.1) is 0 Å². The number of nitrogens with zero attached hydrogens (tertiary/aromatic N) is 1. The fourth-order valence-electron chi connectivity index (χ4n) is 1.81. The van der Waals surface area contributed by atoms with Gasteiger partial charge in [0, 0.05) is 12.1 Å². The van der Waals surface area contributed by atoms with E-state index in [4.69, 9.17) is 5.11 Å². The summed E-state index contributed by atoms with van der Waals surface area (Å²) in [6, 6.07) is 9.15. The van der Waals surface area contributed by atoms with Gasteiger partial charge in [0.2, 0.25) is 0 Å². The molecule has 1 aromatic carbocycles. The molecule has 0 fully saturated rings. The van der Waals surface area contributed by atoms with Crippen LogP contribution < -0.4 is 0 Å². The molecule has 88 valence electrons. The predicted octanol–water partition coefficient (Wildman–Crippen LogP) is 1.57. The first-order valence-electron chi connectivity index (χ1n) is 5.61. The molecular weight excluding hydrogens is 202 g/mol. The summed E-state index contributed by atoms with van der Waals surface area (Å²) >= 11 is 0. The van der Waals surface area contributed by atoms with E-state index in [-0.39, 0.29) is 18.4 Å². The number of benzene rings is 1. The molecule has 1 rings (SSSR count). The van der Waals surface area contributed by atoms with E-state index >= 15 is 0 Å². The van der Waals surface area contributed by atoms with Crippen LogP contribution in [0.5, 0.6) is 0 Å². The molecule has 0 aromatic heterocycles. The van der Waals surface area contributed by atoms with Gasteiger partial charge in [-0.2, -0.15) is 0 Å². The summed E-state index contributed by atoms with van der Waals surface area (Å²) in [6.45, 7) is 2.59. The van der Waals surface area contributed by atoms with Gasteiger partial charge in [-0.25, -0.2) is 0 Å². The van der Waals surface area contributed by atoms with Crippen LogP contribution in [0.2, 0.25) is 0 Å². The number of likely N-dealkylation sites (N-methyl/N-ethyl adjacent to an activating group) is 1. The summed E-state index contributed by atoms with van der Waals surface area (Å²) in [5.74, 6) is 0.124. The van der Waals surface area contributed by atoms with Gasteiger partial charge in [-0.05, 0) is 13.5 Å². The number of carbonyl (C=O) groups is 1. The summed E-state index contributed by atoms with van der Waals surface area (Å²) in [5, 5.41) is 8.88. The Hall–Kier alpha value is -1.19. The number of rotatable bonds is 6. The fourth-order valence-corrected chi connectivity index (χ4v) is 1.81. The molecule has 0 aliphatic carbocycles. The maximum absolute atomic E-state index is 12.2. The number of ketones is 1. The van der Waals surface area contributed by atoms with Crippen molar-refractivity contribution in [1.29, 1.82) is 0 Å². The van der Waals surface area contributed by atoms with E-state index in [1.54, 1.807) is 0 Å². The largest absolute Gasteiger partial charge is 0.395 e. The third-order valence-corrected chi connectivity index (χ3v) is 2.73. The lowest BCUT2D eigenvalue weighted by molar-refractivity contribution is 0.0823. The van der Waals surface area contributed by atoms with E-state index in [1.165, 1.54) is 0 Å². The Morgan fingerprint density at radius 2 is 2.00 bits per heavy atom. The molecule has 0 radical (unpaired) electrons. The van der Waals surface area contributed by atoms with Crippen LogP contribution in [0.3, 0.4) is 0 Å². The van der Waals surface area contributed by atoms with Crippen molar-refractivity contribution in [2.45, 2.75) is 19.4 Å². The Balaban J connectivity index is 2.77. The molecule has 0 aliphatic rings. The van der Waals surface area contributed by atoms with Crippen LogP contribution >= 0.6 is 0 Å². The number of aliphatic hydroxyl groups is 1. The molecule has 0 bridgehead atoms. The number of hydrogen-bond donors (Lipinski definition) is 1. The van der Waals surface area contributed by atoms with E-state index in [9.17, 15) is 4.79 Å². The Bertz CT molecular complexity index is 324. The summed E-state index contributed by atoms with van der Waals surface area (Å²) < 4.78 is 0. The van der Waals surface area contributed by atoms with Crippen molar-refractivity contribution in [3.8, 4) is 0 Å². The van der Waals surface area contributed by atoms with Crippen LogP contribution in [-0.4, -0.2) is 42.0 Å². The summed E-state index contributed by atoms with van der Waals surface area (Å²) in [5.41, 5.74) is 0.735. The Morgan fingerprint density at radius 1 is 1.38 bits per heavy atom. The molecule has 1 aromatic rings. The van der Waals surface area contributed by atoms with E-state index in [2.05, 4.69) is 0 Å². The minimum absolute atomic E-state index is 0.0784. The molecule has 0 saturated carbocycles. The standard InChI is InChI=1S/C13H19NO2/c1-3-12(14(2)9-10-15)13(16)11-7-5-4-6-8-11/h4-8,12,15H,3,9-10H2,1-2H3. The predicted molar refractivity (Wildman–Crippen MR) is 64.6 cm³/mol. The van der Waals surface area contributed by atoms with Gasteiger partial charge in [0.25, 0.3) is 0 Å². The van der Waals surface area contributed by atoms with Crippen LogP contribution in [0.15, 0.2) is 30.3 Å². The average Bonchev–Trinajstić information content (AvgIpc) is 2.31. The molecule has 0 heterocycles. The van der Waals surface area contributed by atoms with Crippen LogP contribution in [0.4, 0.5) is 0 Å². The molecule has 1 atom stereocenters. The quantitative estimate of drug-likeness (QED) is 0.741. The molecular formula is C13H19NO2. The Kier molecular flexibility index (Phi) is 5.15. The topological polar surface area (TPSA) is 40.5 Å². The lowest BCUT2D eigenvalue weighted by Gasteiger charge is -2.25. The number of aliphatic hydroxyl groups excluding tert-OH is 1. The maximum atomic E-state index is 12.2. The first kappa shape index (κ1) is 12.9. The fraction of sp³-hybridized carbons (Fsp3) is 0.462. The Morgan fingerprint density at radius 3 is 2.50 bits per heavy atom. The van der Waals surface area contributed by atoms with Crippen molar-refractivity contribution in [3.05, 3.63) is 35.9 Å². The highest BCUT2D eigenvalue weighted by molar-refractivity contribution is 6.00. The highest BCUT2D eigenvalue weighted by atomic mass is 16.3. The SMILES string of the molecule is CCC(C(=O)c1ccccc1)N(C)CCO. The van der Waals surface area contributed by atoms with Crippen molar-refractivity contribution in [1.82, 2.24) is 4.90 Å². The second-order valence-electron chi connectivity index (χ2n) is 3.86. The number of hydrogen-bond acceptors (Lipinski definition) is 3. The van der Waals surface area contributed by atoms with Gasteiger partial charge in [-0.1, -0.05) is 37.3 Å². The van der Waals surface area contributed by atoms with Crippen molar-refractivity contribution in [2.24, 2.45) is 0 Å². The number of Topliss-reactive ketones (excluding diaryl/α,β-unsaturated/α-hetero) is 1. The van der Waals surface area contributed by atoms with Gasteiger partial charge < -0.3 is 5.11 Å². The third-order valence-electron chi connectivity index (χ3n) is 2.73. The third kappa shape index (κ3) is 3.15. The van der Waals surface area contributed by atoms with Gasteiger partial charge in [0.1, 0.15) is 0 Å². The lowest BCUT2D eigenvalue weighted by Crippen LogP contribution is -2.39. The first-order valence-corrected chi connectivity index (χ1v) is 5.61. The summed E-state index contributed by atoms with van der Waals surface area (Å²) in [6.07, 6.45) is 0.754. The molecule has 1 unspecified atom stereocenters. The molecule has 0 spiro atoms. The zero-order valence-corrected chi connectivity index (χ0v) is 9.89. The molecule has 0 saturated heterocycles. The van der Waals surface area contributed by atoms with Gasteiger partial charge in [0.15, 0.2) is 5.78 Å². The van der Waals surface area contributed by atoms with Crippen molar-refractivity contribution in [3.63, 3.8) is 0 Å². The monoisotopic (exact) mass is 221 g/mol. The van der Waals surface area contributed by atoms with Gasteiger partial charge >= 0.3 is 0 Å². The average molecular weight is 221 g/mol. The van der Waals surface area contributed by atoms with Crippen LogP contribution in [0.1, 0.15) is 23.7 Å². The second kappa shape index (κ2) is 6.40. The van der Waals surface area contributed by atoms with Crippen LogP contribution in [0.25, 0.3) is 0 Å². The zero-order valence-electron chi connectivity index (χ0n) is 9.89. The van der Waals surface area contributed by atoms with Gasteiger partial charge in [0.05, 0.1) is 12.6 Å². The smallest absolute Gasteiger partial charge is 0.179 e. The molecule has 1 N–H and O–H groups in total. The molecule has 0 aliphatic heterocycles. The van der Waals surface area contributed by atoms with E-state index < -0.39 is 0 Å². The van der Waals surface area contributed by atoms with Crippen LogP contribution in [-0.2, 0) is 0 Å². The van der Waals surface area contributed by atoms with Crippen LogP contribution in [0, 0.1) is 0 Å². The van der Waals surface area contributed by atoms with E-state index in [1.807, 2.05) is 49.2 Å². The van der Waals surface area contributed by atoms with Crippen molar-refractivity contribution >= 4 is 5.78 Å². The van der Waals surface area contributed by atoms with Crippen molar-refractivity contribution in [2.75, 3.05) is 20.2 Å². The Labute approximate surface area is 96.7 Å². The lowest BCUT2D eigenvalue weighted by atomic mass is 10.0. The normalized spacial score (nSPS) is 12.8. The van der Waals surface area contributed by atoms with Crippen molar-refractivity contribution < 1.29 is 9.90 Å². The number of carbonyl (C=O) groups excluding carboxylic acids is 1. The minimum Gasteiger partial charge on any atom is -0.395 e. The highest BCUT2D eigenvalue weighted by Gasteiger charge is 2.21. The molecule has 3 heteroatoms. The highest BCUT2D eigenvalue weighted by Crippen LogP contribution is 2.10. The summed E-state index contributed by atoms with van der Waals surface area (Å²) in [4.78, 5) is 14.1. The molecule has 3 nitrogen and oxygen atoms in total. The van der Waals surface area contributed by atoms with E-state index in [0.29, 0.717) is 6.54 Å². The van der Waals surface area contributed by atoms with Gasteiger partial charge in [-0.3, -0.25) is 9.69 Å². The summed E-state index contributed by atoms with van der Waals surface area (Å²) in [7, 11) is 1.87.